The monoisotopic (exact) mass is 436 g/mol. The van der Waals surface area contributed by atoms with Gasteiger partial charge in [0.2, 0.25) is 0 Å². The number of phenols is 1. The Kier molecular flexibility index (Phi) is 6.23. The van der Waals surface area contributed by atoms with E-state index in [2.05, 4.69) is 65.5 Å². The molecule has 3 aromatic carbocycles. The Hall–Kier alpha value is -4.37. The lowest BCUT2D eigenvalue weighted by molar-refractivity contribution is 0.0955. The Morgan fingerprint density at radius 1 is 1.15 bits per heavy atom. The summed E-state index contributed by atoms with van der Waals surface area (Å²) < 4.78 is 2.19. The van der Waals surface area contributed by atoms with Crippen LogP contribution in [-0.4, -0.2) is 21.8 Å². The van der Waals surface area contributed by atoms with Crippen molar-refractivity contribution >= 4 is 23.0 Å². The minimum atomic E-state index is -0.461. The summed E-state index contributed by atoms with van der Waals surface area (Å²) in [5.74, 6) is -0.113. The van der Waals surface area contributed by atoms with Crippen LogP contribution in [0, 0.1) is 11.3 Å². The van der Waals surface area contributed by atoms with Gasteiger partial charge in [-0.3, -0.25) is 4.79 Å². The van der Waals surface area contributed by atoms with E-state index in [9.17, 15) is 9.90 Å². The van der Waals surface area contributed by atoms with Crippen molar-refractivity contribution < 1.29 is 9.90 Å². The second-order valence-corrected chi connectivity index (χ2v) is 8.16. The van der Waals surface area contributed by atoms with Gasteiger partial charge in [0, 0.05) is 34.8 Å². The molecule has 4 aromatic rings. The molecule has 0 radical (unpaired) electrons. The Morgan fingerprint density at radius 2 is 1.94 bits per heavy atom. The fraction of sp³-hybridized carbons (Fsp3) is 0.148. The van der Waals surface area contributed by atoms with Crippen LogP contribution in [0.4, 0.5) is 0 Å². The number of fused-ring (bicyclic) bond motifs is 1. The highest BCUT2D eigenvalue weighted by molar-refractivity contribution is 6.00. The molecule has 0 aliphatic carbocycles. The van der Waals surface area contributed by atoms with E-state index >= 15 is 0 Å². The van der Waals surface area contributed by atoms with Gasteiger partial charge < -0.3 is 9.67 Å². The standard InChI is InChI=1S/C27H24N4O2/c1-18(2)20-8-6-19(7-9-20)17-31-13-12-24-22(4-3-5-25(24)31)16-29-30-27(33)21-10-11-26(32)23(14-21)15-28/h3-14,16,18,32H,17H2,1-2H3,(H,30,33)/b29-16+. The van der Waals surface area contributed by atoms with Crippen molar-refractivity contribution in [1.82, 2.24) is 9.99 Å². The van der Waals surface area contributed by atoms with Crippen LogP contribution in [0.5, 0.6) is 5.75 Å². The van der Waals surface area contributed by atoms with Crippen molar-refractivity contribution in [2.45, 2.75) is 26.3 Å². The summed E-state index contributed by atoms with van der Waals surface area (Å²) in [6.45, 7) is 5.14. The number of carbonyl (C=O) groups is 1. The maximum Gasteiger partial charge on any atom is 0.271 e. The topological polar surface area (TPSA) is 90.4 Å². The van der Waals surface area contributed by atoms with Crippen LogP contribution >= 0.6 is 0 Å². The molecule has 1 amide bonds. The molecule has 0 spiro atoms. The largest absolute Gasteiger partial charge is 0.507 e. The van der Waals surface area contributed by atoms with E-state index in [0.29, 0.717) is 5.92 Å². The van der Waals surface area contributed by atoms with Crippen molar-refractivity contribution in [3.8, 4) is 11.8 Å². The van der Waals surface area contributed by atoms with E-state index in [0.717, 1.165) is 23.0 Å². The van der Waals surface area contributed by atoms with Crippen LogP contribution < -0.4 is 5.43 Å². The van der Waals surface area contributed by atoms with Gasteiger partial charge in [-0.25, -0.2) is 5.43 Å². The van der Waals surface area contributed by atoms with E-state index < -0.39 is 5.91 Å². The number of nitriles is 1. The van der Waals surface area contributed by atoms with E-state index in [1.54, 1.807) is 6.21 Å². The number of aromatic nitrogens is 1. The second-order valence-electron chi connectivity index (χ2n) is 8.16. The maximum atomic E-state index is 12.3. The zero-order valence-electron chi connectivity index (χ0n) is 18.5. The third-order valence-electron chi connectivity index (χ3n) is 5.60. The average Bonchev–Trinajstić information content (AvgIpc) is 3.23. The number of rotatable bonds is 6. The Bertz CT molecular complexity index is 1380. The van der Waals surface area contributed by atoms with Crippen LogP contribution in [0.2, 0.25) is 0 Å². The molecule has 0 saturated carbocycles. The summed E-state index contributed by atoms with van der Waals surface area (Å²) in [5.41, 5.74) is 7.28. The molecule has 0 bridgehead atoms. The predicted octanol–water partition coefficient (Wildman–Crippen LogP) is 5.15. The molecule has 164 valence electrons. The SMILES string of the molecule is CC(C)c1ccc(Cn2ccc3c(/C=N/NC(=O)c4ccc(O)c(C#N)c4)cccc32)cc1. The number of phenolic OH excluding ortho intramolecular Hbond substituents is 1. The van der Waals surface area contributed by atoms with Gasteiger partial charge in [0.15, 0.2) is 0 Å². The molecule has 0 atom stereocenters. The third kappa shape index (κ3) is 4.78. The van der Waals surface area contributed by atoms with E-state index in [-0.39, 0.29) is 16.9 Å². The van der Waals surface area contributed by atoms with Gasteiger partial charge in [-0.05, 0) is 47.4 Å². The van der Waals surface area contributed by atoms with Gasteiger partial charge in [0.05, 0.1) is 11.8 Å². The molecule has 0 aliphatic rings. The normalized spacial score (nSPS) is 11.2. The van der Waals surface area contributed by atoms with Gasteiger partial charge >= 0.3 is 0 Å². The fourth-order valence-corrected chi connectivity index (χ4v) is 3.69. The number of hydrogen-bond acceptors (Lipinski definition) is 4. The van der Waals surface area contributed by atoms with Gasteiger partial charge in [-0.1, -0.05) is 50.2 Å². The van der Waals surface area contributed by atoms with Crippen LogP contribution in [0.1, 0.15) is 52.4 Å². The second kappa shape index (κ2) is 9.41. The quantitative estimate of drug-likeness (QED) is 0.323. The molecule has 33 heavy (non-hydrogen) atoms. The highest BCUT2D eigenvalue weighted by Crippen LogP contribution is 2.22. The molecular weight excluding hydrogens is 412 g/mol. The summed E-state index contributed by atoms with van der Waals surface area (Å²) in [7, 11) is 0. The van der Waals surface area contributed by atoms with Crippen molar-refractivity contribution in [2.24, 2.45) is 5.10 Å². The highest BCUT2D eigenvalue weighted by atomic mass is 16.3. The molecule has 0 unspecified atom stereocenters. The summed E-state index contributed by atoms with van der Waals surface area (Å²) in [4.78, 5) is 12.3. The number of hydrazone groups is 1. The molecule has 0 aliphatic heterocycles. The molecule has 6 heteroatoms. The average molecular weight is 437 g/mol. The number of nitrogens with zero attached hydrogens (tertiary/aromatic N) is 3. The van der Waals surface area contributed by atoms with E-state index in [1.165, 1.54) is 29.3 Å². The van der Waals surface area contributed by atoms with Gasteiger partial charge in [-0.15, -0.1) is 0 Å². The van der Waals surface area contributed by atoms with Crippen molar-refractivity contribution in [1.29, 1.82) is 5.26 Å². The van der Waals surface area contributed by atoms with Crippen molar-refractivity contribution in [3.05, 3.63) is 101 Å². The first kappa shape index (κ1) is 21.8. The molecule has 1 heterocycles. The highest BCUT2D eigenvalue weighted by Gasteiger charge is 2.09. The number of aromatic hydroxyl groups is 1. The van der Waals surface area contributed by atoms with Crippen LogP contribution in [-0.2, 0) is 6.54 Å². The predicted molar refractivity (Wildman–Crippen MR) is 129 cm³/mol. The number of benzene rings is 3. The fourth-order valence-electron chi connectivity index (χ4n) is 3.69. The van der Waals surface area contributed by atoms with Gasteiger partial charge in [0.25, 0.3) is 5.91 Å². The van der Waals surface area contributed by atoms with Gasteiger partial charge in [-0.2, -0.15) is 10.4 Å². The van der Waals surface area contributed by atoms with Gasteiger partial charge in [0.1, 0.15) is 11.8 Å². The molecule has 0 saturated heterocycles. The van der Waals surface area contributed by atoms with Crippen LogP contribution in [0.15, 0.2) is 78.0 Å². The zero-order valence-corrected chi connectivity index (χ0v) is 18.5. The Balaban J connectivity index is 1.50. The Labute approximate surface area is 192 Å². The molecule has 6 nitrogen and oxygen atoms in total. The first-order valence-corrected chi connectivity index (χ1v) is 10.7. The molecule has 0 fully saturated rings. The van der Waals surface area contributed by atoms with Crippen molar-refractivity contribution in [3.63, 3.8) is 0 Å². The number of amides is 1. The molecule has 2 N–H and O–H groups in total. The number of hydrogen-bond donors (Lipinski definition) is 2. The van der Waals surface area contributed by atoms with E-state index in [1.807, 2.05) is 24.3 Å². The minimum absolute atomic E-state index is 0.0385. The summed E-state index contributed by atoms with van der Waals surface area (Å²) >= 11 is 0. The molecular formula is C27H24N4O2. The summed E-state index contributed by atoms with van der Waals surface area (Å²) in [6, 6.07) is 22.6. The summed E-state index contributed by atoms with van der Waals surface area (Å²) in [6.07, 6.45) is 3.66. The lowest BCUT2D eigenvalue weighted by atomic mass is 10.0. The van der Waals surface area contributed by atoms with Crippen LogP contribution in [0.3, 0.4) is 0 Å². The number of nitrogens with one attached hydrogen (secondary N) is 1. The maximum absolute atomic E-state index is 12.3. The first-order chi connectivity index (χ1) is 16.0. The Morgan fingerprint density at radius 3 is 2.67 bits per heavy atom. The third-order valence-corrected chi connectivity index (χ3v) is 5.60. The molecule has 4 rings (SSSR count). The van der Waals surface area contributed by atoms with E-state index in [4.69, 9.17) is 5.26 Å². The smallest absolute Gasteiger partial charge is 0.271 e. The zero-order chi connectivity index (χ0) is 23.4. The lowest BCUT2D eigenvalue weighted by Crippen LogP contribution is -2.17. The lowest BCUT2D eigenvalue weighted by Gasteiger charge is -2.09. The summed E-state index contributed by atoms with van der Waals surface area (Å²) in [5, 5.41) is 23.7. The number of carbonyl (C=O) groups excluding carboxylic acids is 1. The first-order valence-electron chi connectivity index (χ1n) is 10.7. The van der Waals surface area contributed by atoms with Crippen molar-refractivity contribution in [2.75, 3.05) is 0 Å². The molecule has 1 aromatic heterocycles. The van der Waals surface area contributed by atoms with Crippen LogP contribution in [0.25, 0.3) is 10.9 Å². The minimum Gasteiger partial charge on any atom is -0.507 e.